The zero-order chi connectivity index (χ0) is 17.4. The van der Waals surface area contributed by atoms with E-state index < -0.39 is 0 Å². The Bertz CT molecular complexity index is 717. The molecule has 0 unspecified atom stereocenters. The number of nitrogens with one attached hydrogen (secondary N) is 1. The number of hydrazone groups is 1. The van der Waals surface area contributed by atoms with Crippen molar-refractivity contribution in [3.05, 3.63) is 52.5 Å². The molecule has 2 aromatic carbocycles. The zero-order valence-corrected chi connectivity index (χ0v) is 14.9. The molecule has 2 aromatic rings. The number of carbonyl (C=O) groups excluding carboxylic acids is 1. The minimum Gasteiger partial charge on any atom is -0.497 e. The van der Waals surface area contributed by atoms with Crippen LogP contribution in [0.2, 0.25) is 0 Å². The molecule has 0 aliphatic rings. The normalized spacial score (nSPS) is 10.5. The van der Waals surface area contributed by atoms with Crippen LogP contribution in [-0.2, 0) is 4.79 Å². The Morgan fingerprint density at radius 2 is 1.83 bits per heavy atom. The van der Waals surface area contributed by atoms with Gasteiger partial charge in [-0.05, 0) is 36.4 Å². The van der Waals surface area contributed by atoms with Crippen molar-refractivity contribution in [1.82, 2.24) is 5.43 Å². The lowest BCUT2D eigenvalue weighted by atomic mass is 10.2. The molecule has 0 saturated carbocycles. The first-order chi connectivity index (χ1) is 11.6. The highest BCUT2D eigenvalue weighted by atomic mass is 79.9. The lowest BCUT2D eigenvalue weighted by Gasteiger charge is -2.07. The summed E-state index contributed by atoms with van der Waals surface area (Å²) in [5.41, 5.74) is 3.12. The molecule has 0 aliphatic heterocycles. The summed E-state index contributed by atoms with van der Waals surface area (Å²) in [4.78, 5) is 11.7. The van der Waals surface area contributed by atoms with E-state index in [1.165, 1.54) is 6.21 Å². The Balaban J connectivity index is 1.86. The Hall–Kier alpha value is -2.54. The molecule has 24 heavy (non-hydrogen) atoms. The molecule has 0 fully saturated rings. The average Bonchev–Trinajstić information content (AvgIpc) is 2.61. The van der Waals surface area contributed by atoms with Gasteiger partial charge in [0.25, 0.3) is 5.91 Å². The molecule has 0 spiro atoms. The van der Waals surface area contributed by atoms with Crippen molar-refractivity contribution in [3.8, 4) is 17.2 Å². The van der Waals surface area contributed by atoms with Crippen molar-refractivity contribution in [3.63, 3.8) is 0 Å². The highest BCUT2D eigenvalue weighted by molar-refractivity contribution is 9.10. The summed E-state index contributed by atoms with van der Waals surface area (Å²) in [7, 11) is 3.13. The molecule has 0 heterocycles. The van der Waals surface area contributed by atoms with Crippen LogP contribution in [0, 0.1) is 0 Å². The van der Waals surface area contributed by atoms with E-state index in [4.69, 9.17) is 14.2 Å². The number of hydrogen-bond donors (Lipinski definition) is 1. The first-order valence-electron chi connectivity index (χ1n) is 7.04. The van der Waals surface area contributed by atoms with Crippen LogP contribution >= 0.6 is 15.9 Å². The maximum absolute atomic E-state index is 11.7. The van der Waals surface area contributed by atoms with Crippen LogP contribution < -0.4 is 19.6 Å². The van der Waals surface area contributed by atoms with Crippen molar-refractivity contribution in [2.75, 3.05) is 20.8 Å². The third-order valence-corrected chi connectivity index (χ3v) is 3.55. The van der Waals surface area contributed by atoms with Gasteiger partial charge >= 0.3 is 0 Å². The summed E-state index contributed by atoms with van der Waals surface area (Å²) >= 11 is 3.33. The highest BCUT2D eigenvalue weighted by Crippen LogP contribution is 2.23. The van der Waals surface area contributed by atoms with E-state index in [1.807, 2.05) is 12.1 Å². The summed E-state index contributed by atoms with van der Waals surface area (Å²) in [6.45, 7) is -0.126. The zero-order valence-electron chi connectivity index (χ0n) is 13.3. The SMILES string of the molecule is COc1ccc(/C=N/NC(=O)COc2ccc(Br)cc2)c(OC)c1. The third-order valence-electron chi connectivity index (χ3n) is 3.02. The molecule has 1 amide bonds. The Morgan fingerprint density at radius 1 is 1.12 bits per heavy atom. The number of methoxy groups -OCH3 is 2. The van der Waals surface area contributed by atoms with Crippen LogP contribution in [0.1, 0.15) is 5.56 Å². The first kappa shape index (κ1) is 17.8. The summed E-state index contributed by atoms with van der Waals surface area (Å²) in [6.07, 6.45) is 1.50. The fourth-order valence-corrected chi connectivity index (χ4v) is 2.08. The second-order valence-electron chi connectivity index (χ2n) is 4.64. The van der Waals surface area contributed by atoms with Crippen LogP contribution in [0.4, 0.5) is 0 Å². The van der Waals surface area contributed by atoms with E-state index in [0.29, 0.717) is 22.8 Å². The van der Waals surface area contributed by atoms with Crippen LogP contribution in [-0.4, -0.2) is 32.9 Å². The number of ether oxygens (including phenoxy) is 3. The molecule has 126 valence electrons. The Kier molecular flexibility index (Phi) is 6.62. The summed E-state index contributed by atoms with van der Waals surface area (Å²) in [5.74, 6) is 1.52. The van der Waals surface area contributed by atoms with Gasteiger partial charge in [-0.2, -0.15) is 5.10 Å². The molecule has 0 saturated heterocycles. The van der Waals surface area contributed by atoms with E-state index in [0.717, 1.165) is 4.47 Å². The Labute approximate surface area is 148 Å². The van der Waals surface area contributed by atoms with Gasteiger partial charge in [-0.15, -0.1) is 0 Å². The van der Waals surface area contributed by atoms with Crippen molar-refractivity contribution in [2.24, 2.45) is 5.10 Å². The quantitative estimate of drug-likeness (QED) is 0.580. The van der Waals surface area contributed by atoms with E-state index in [9.17, 15) is 4.79 Å². The van der Waals surface area contributed by atoms with Gasteiger partial charge in [-0.1, -0.05) is 15.9 Å². The molecule has 2 rings (SSSR count). The number of hydrogen-bond acceptors (Lipinski definition) is 5. The highest BCUT2D eigenvalue weighted by Gasteiger charge is 2.04. The summed E-state index contributed by atoms with van der Waals surface area (Å²) < 4.78 is 16.7. The topological polar surface area (TPSA) is 69.2 Å². The van der Waals surface area contributed by atoms with Crippen LogP contribution in [0.25, 0.3) is 0 Å². The molecule has 0 radical (unpaired) electrons. The number of halogens is 1. The third kappa shape index (κ3) is 5.27. The lowest BCUT2D eigenvalue weighted by Crippen LogP contribution is -2.24. The van der Waals surface area contributed by atoms with Gasteiger partial charge < -0.3 is 14.2 Å². The molecule has 1 N–H and O–H groups in total. The summed E-state index contributed by atoms with van der Waals surface area (Å²) in [6, 6.07) is 12.5. The van der Waals surface area contributed by atoms with E-state index in [2.05, 4.69) is 26.5 Å². The van der Waals surface area contributed by atoms with Gasteiger partial charge in [0.1, 0.15) is 17.2 Å². The molecule has 7 heteroatoms. The van der Waals surface area contributed by atoms with Crippen molar-refractivity contribution >= 4 is 28.1 Å². The number of nitrogens with zero attached hydrogens (tertiary/aromatic N) is 1. The standard InChI is InChI=1S/C17H17BrN2O4/c1-22-15-6-3-12(16(9-15)23-2)10-19-20-17(21)11-24-14-7-4-13(18)5-8-14/h3-10H,11H2,1-2H3,(H,20,21)/b19-10+. The van der Waals surface area contributed by atoms with Crippen molar-refractivity contribution in [1.29, 1.82) is 0 Å². The molecule has 0 aliphatic carbocycles. The van der Waals surface area contributed by atoms with Gasteiger partial charge in [0.05, 0.1) is 20.4 Å². The molecule has 0 atom stereocenters. The minimum atomic E-state index is -0.360. The molecule has 6 nitrogen and oxygen atoms in total. The van der Waals surface area contributed by atoms with Crippen molar-refractivity contribution in [2.45, 2.75) is 0 Å². The molecule has 0 aromatic heterocycles. The smallest absolute Gasteiger partial charge is 0.277 e. The van der Waals surface area contributed by atoms with Crippen molar-refractivity contribution < 1.29 is 19.0 Å². The molecular formula is C17H17BrN2O4. The lowest BCUT2D eigenvalue weighted by molar-refractivity contribution is -0.123. The number of amides is 1. The van der Waals surface area contributed by atoms with Gasteiger partial charge in [0, 0.05) is 16.1 Å². The molecular weight excluding hydrogens is 376 g/mol. The number of rotatable bonds is 7. The van der Waals surface area contributed by atoms with Gasteiger partial charge in [-0.3, -0.25) is 4.79 Å². The second-order valence-corrected chi connectivity index (χ2v) is 5.56. The predicted octanol–water partition coefficient (Wildman–Crippen LogP) is 3.00. The van der Waals surface area contributed by atoms with Crippen LogP contribution in [0.15, 0.2) is 52.0 Å². The Morgan fingerprint density at radius 3 is 2.50 bits per heavy atom. The number of benzene rings is 2. The van der Waals surface area contributed by atoms with E-state index in [-0.39, 0.29) is 12.5 Å². The molecule has 0 bridgehead atoms. The minimum absolute atomic E-state index is 0.126. The van der Waals surface area contributed by atoms with Gasteiger partial charge in [0.2, 0.25) is 0 Å². The van der Waals surface area contributed by atoms with Crippen LogP contribution in [0.5, 0.6) is 17.2 Å². The largest absolute Gasteiger partial charge is 0.497 e. The van der Waals surface area contributed by atoms with Crippen LogP contribution in [0.3, 0.4) is 0 Å². The second kappa shape index (κ2) is 8.93. The maximum atomic E-state index is 11.7. The fraction of sp³-hybridized carbons (Fsp3) is 0.176. The average molecular weight is 393 g/mol. The fourth-order valence-electron chi connectivity index (χ4n) is 1.81. The number of carbonyl (C=O) groups is 1. The van der Waals surface area contributed by atoms with Gasteiger partial charge in [-0.25, -0.2) is 5.43 Å². The predicted molar refractivity (Wildman–Crippen MR) is 94.9 cm³/mol. The van der Waals surface area contributed by atoms with E-state index in [1.54, 1.807) is 44.6 Å². The first-order valence-corrected chi connectivity index (χ1v) is 7.84. The summed E-state index contributed by atoms with van der Waals surface area (Å²) in [5, 5.41) is 3.90. The monoisotopic (exact) mass is 392 g/mol. The van der Waals surface area contributed by atoms with E-state index >= 15 is 0 Å². The maximum Gasteiger partial charge on any atom is 0.277 e. The van der Waals surface area contributed by atoms with Gasteiger partial charge in [0.15, 0.2) is 6.61 Å².